The Morgan fingerprint density at radius 1 is 1.25 bits per heavy atom. The van der Waals surface area contributed by atoms with Gasteiger partial charge in [0.1, 0.15) is 5.78 Å². The van der Waals surface area contributed by atoms with Crippen molar-refractivity contribution >= 4 is 5.78 Å². The zero-order valence-corrected chi connectivity index (χ0v) is 7.62. The smallest absolute Gasteiger partial charge is 0.130 e. The van der Waals surface area contributed by atoms with Crippen molar-refractivity contribution in [2.45, 2.75) is 32.6 Å². The second kappa shape index (κ2) is 4.91. The molecule has 0 aliphatic heterocycles. The summed E-state index contributed by atoms with van der Waals surface area (Å²) in [6, 6.07) is 0. The third-order valence-electron chi connectivity index (χ3n) is 2.12. The first-order chi connectivity index (χ1) is 5.79. The van der Waals surface area contributed by atoms with Gasteiger partial charge in [-0.2, -0.15) is 0 Å². The Morgan fingerprint density at radius 2 is 1.83 bits per heavy atom. The number of carbonyl (C=O) groups is 1. The molecule has 0 aromatic heterocycles. The third-order valence-corrected chi connectivity index (χ3v) is 2.12. The average Bonchev–Trinajstić information content (AvgIpc) is 1.93. The summed E-state index contributed by atoms with van der Waals surface area (Å²) in [4.78, 5) is 10.9. The standard InChI is InChI=1S/C11H16O/c1-10(12)9-11-7-5-3-2-4-6-8-11/h3-6,11H,2,7-9H2,1H3/b5-3-,6-4?. The molecule has 1 rings (SSSR count). The Bertz CT molecular complexity index is 187. The Hall–Kier alpha value is -0.850. The second-order valence-corrected chi connectivity index (χ2v) is 3.42. The highest BCUT2D eigenvalue weighted by Crippen LogP contribution is 2.17. The first-order valence-electron chi connectivity index (χ1n) is 4.58. The molecule has 1 nitrogen and oxygen atoms in total. The van der Waals surface area contributed by atoms with Crippen LogP contribution in [-0.4, -0.2) is 5.78 Å². The van der Waals surface area contributed by atoms with Gasteiger partial charge in [-0.05, 0) is 32.1 Å². The van der Waals surface area contributed by atoms with E-state index in [1.807, 2.05) is 0 Å². The van der Waals surface area contributed by atoms with Gasteiger partial charge in [-0.15, -0.1) is 0 Å². The lowest BCUT2D eigenvalue weighted by Gasteiger charge is -2.11. The molecule has 0 saturated heterocycles. The van der Waals surface area contributed by atoms with Crippen molar-refractivity contribution < 1.29 is 4.79 Å². The normalized spacial score (nSPS) is 25.9. The van der Waals surface area contributed by atoms with E-state index in [1.54, 1.807) is 6.92 Å². The van der Waals surface area contributed by atoms with E-state index in [4.69, 9.17) is 0 Å². The molecule has 1 atom stereocenters. The molecule has 0 heterocycles. The van der Waals surface area contributed by atoms with Gasteiger partial charge < -0.3 is 4.79 Å². The average molecular weight is 164 g/mol. The molecule has 1 aliphatic carbocycles. The highest BCUT2D eigenvalue weighted by Gasteiger charge is 2.08. The molecule has 1 aliphatic rings. The third kappa shape index (κ3) is 3.51. The van der Waals surface area contributed by atoms with E-state index in [9.17, 15) is 4.79 Å². The molecule has 0 aromatic carbocycles. The van der Waals surface area contributed by atoms with E-state index in [-0.39, 0.29) is 0 Å². The summed E-state index contributed by atoms with van der Waals surface area (Å²) in [5.41, 5.74) is 0. The molecule has 0 bridgehead atoms. The second-order valence-electron chi connectivity index (χ2n) is 3.42. The van der Waals surface area contributed by atoms with E-state index < -0.39 is 0 Å². The predicted octanol–water partition coefficient (Wildman–Crippen LogP) is 2.88. The van der Waals surface area contributed by atoms with Crippen molar-refractivity contribution in [1.29, 1.82) is 0 Å². The van der Waals surface area contributed by atoms with Crippen LogP contribution in [0.4, 0.5) is 0 Å². The van der Waals surface area contributed by atoms with Gasteiger partial charge in [-0.1, -0.05) is 24.3 Å². The van der Waals surface area contributed by atoms with Crippen LogP contribution in [-0.2, 0) is 4.79 Å². The maximum atomic E-state index is 10.9. The molecule has 0 N–H and O–H groups in total. The van der Waals surface area contributed by atoms with E-state index in [0.717, 1.165) is 25.7 Å². The lowest BCUT2D eigenvalue weighted by Crippen LogP contribution is -2.04. The maximum absolute atomic E-state index is 10.9. The van der Waals surface area contributed by atoms with Gasteiger partial charge in [0, 0.05) is 6.42 Å². The largest absolute Gasteiger partial charge is 0.300 e. The molecule has 12 heavy (non-hydrogen) atoms. The number of Topliss-reactive ketones (excluding diaryl/α,β-unsaturated/α-hetero) is 1. The number of allylic oxidation sites excluding steroid dienone is 4. The molecule has 1 heteroatoms. The van der Waals surface area contributed by atoms with E-state index in [2.05, 4.69) is 24.3 Å². The van der Waals surface area contributed by atoms with Crippen molar-refractivity contribution in [1.82, 2.24) is 0 Å². The van der Waals surface area contributed by atoms with Crippen LogP contribution in [0.15, 0.2) is 24.3 Å². The Kier molecular flexibility index (Phi) is 3.78. The summed E-state index contributed by atoms with van der Waals surface area (Å²) < 4.78 is 0. The van der Waals surface area contributed by atoms with Gasteiger partial charge in [-0.25, -0.2) is 0 Å². The fraction of sp³-hybridized carbons (Fsp3) is 0.545. The summed E-state index contributed by atoms with van der Waals surface area (Å²) >= 11 is 0. The topological polar surface area (TPSA) is 17.1 Å². The minimum atomic E-state index is 0.308. The van der Waals surface area contributed by atoms with Gasteiger partial charge >= 0.3 is 0 Å². The van der Waals surface area contributed by atoms with Gasteiger partial charge in [0.25, 0.3) is 0 Å². The summed E-state index contributed by atoms with van der Waals surface area (Å²) in [6.45, 7) is 1.67. The summed E-state index contributed by atoms with van der Waals surface area (Å²) in [5.74, 6) is 0.845. The zero-order chi connectivity index (χ0) is 8.81. The van der Waals surface area contributed by atoms with Crippen LogP contribution in [0, 0.1) is 5.92 Å². The minimum absolute atomic E-state index is 0.308. The molecule has 0 spiro atoms. The van der Waals surface area contributed by atoms with E-state index in [1.165, 1.54) is 0 Å². The molecule has 66 valence electrons. The molecule has 0 amide bonds. The highest BCUT2D eigenvalue weighted by atomic mass is 16.1. The van der Waals surface area contributed by atoms with Gasteiger partial charge in [-0.3, -0.25) is 0 Å². The molecule has 0 radical (unpaired) electrons. The van der Waals surface area contributed by atoms with Crippen LogP contribution in [0.2, 0.25) is 0 Å². The van der Waals surface area contributed by atoms with Crippen molar-refractivity contribution in [3.8, 4) is 0 Å². The SMILES string of the molecule is CC(=O)CC1CC=CC/C=C\C1. The Morgan fingerprint density at radius 3 is 2.33 bits per heavy atom. The molecule has 0 fully saturated rings. The lowest BCUT2D eigenvalue weighted by molar-refractivity contribution is -0.117. The molecule has 1 unspecified atom stereocenters. The van der Waals surface area contributed by atoms with Crippen molar-refractivity contribution in [2.24, 2.45) is 5.92 Å². The Labute approximate surface area is 74.2 Å². The molecule has 0 saturated carbocycles. The van der Waals surface area contributed by atoms with E-state index >= 15 is 0 Å². The number of hydrogen-bond acceptors (Lipinski definition) is 1. The van der Waals surface area contributed by atoms with Crippen molar-refractivity contribution in [3.05, 3.63) is 24.3 Å². The number of hydrogen-bond donors (Lipinski definition) is 0. The first-order valence-corrected chi connectivity index (χ1v) is 4.58. The maximum Gasteiger partial charge on any atom is 0.130 e. The summed E-state index contributed by atoms with van der Waals surface area (Å²) in [6.07, 6.45) is 12.6. The Balaban J connectivity index is 2.41. The quantitative estimate of drug-likeness (QED) is 0.573. The van der Waals surface area contributed by atoms with Gasteiger partial charge in [0.15, 0.2) is 0 Å². The molecule has 0 aromatic rings. The van der Waals surface area contributed by atoms with Crippen molar-refractivity contribution in [3.63, 3.8) is 0 Å². The zero-order valence-electron chi connectivity index (χ0n) is 7.62. The predicted molar refractivity (Wildman–Crippen MR) is 50.9 cm³/mol. The lowest BCUT2D eigenvalue weighted by atomic mass is 9.94. The van der Waals surface area contributed by atoms with E-state index in [0.29, 0.717) is 11.7 Å². The highest BCUT2D eigenvalue weighted by molar-refractivity contribution is 5.75. The number of ketones is 1. The molecular formula is C11H16O. The summed E-state index contributed by atoms with van der Waals surface area (Å²) in [7, 11) is 0. The molecular weight excluding hydrogens is 148 g/mol. The van der Waals surface area contributed by atoms with Crippen LogP contribution < -0.4 is 0 Å². The van der Waals surface area contributed by atoms with Gasteiger partial charge in [0.05, 0.1) is 0 Å². The van der Waals surface area contributed by atoms with Crippen LogP contribution in [0.3, 0.4) is 0 Å². The summed E-state index contributed by atoms with van der Waals surface area (Å²) in [5, 5.41) is 0. The monoisotopic (exact) mass is 164 g/mol. The van der Waals surface area contributed by atoms with Crippen LogP contribution in [0.1, 0.15) is 32.6 Å². The number of carbonyl (C=O) groups excluding carboxylic acids is 1. The van der Waals surface area contributed by atoms with Gasteiger partial charge in [0.2, 0.25) is 0 Å². The van der Waals surface area contributed by atoms with Crippen LogP contribution in [0.25, 0.3) is 0 Å². The number of rotatable bonds is 2. The fourth-order valence-electron chi connectivity index (χ4n) is 1.52. The first kappa shape index (κ1) is 9.24. The van der Waals surface area contributed by atoms with Crippen LogP contribution in [0.5, 0.6) is 0 Å². The van der Waals surface area contributed by atoms with Crippen molar-refractivity contribution in [2.75, 3.05) is 0 Å². The fourth-order valence-corrected chi connectivity index (χ4v) is 1.52. The van der Waals surface area contributed by atoms with Crippen LogP contribution >= 0.6 is 0 Å². The minimum Gasteiger partial charge on any atom is -0.300 e.